The van der Waals surface area contributed by atoms with Gasteiger partial charge in [-0.25, -0.2) is 0 Å². The summed E-state index contributed by atoms with van der Waals surface area (Å²) in [5, 5.41) is 5.62. The van der Waals surface area contributed by atoms with Gasteiger partial charge >= 0.3 is 0 Å². The summed E-state index contributed by atoms with van der Waals surface area (Å²) in [6, 6.07) is 14.0. The Balaban J connectivity index is 2.02. The molecule has 0 unspecified atom stereocenters. The van der Waals surface area contributed by atoms with Crippen LogP contribution in [0.2, 0.25) is 0 Å². The van der Waals surface area contributed by atoms with Crippen molar-refractivity contribution in [3.05, 3.63) is 54.1 Å². The monoisotopic (exact) mass is 356 g/mol. The molecule has 138 valence electrons. The SMILES string of the molecule is CC[C@@H](C)NC(=O)c1ccccc1NC(=O)COc1ccccc1OC. The standard InChI is InChI=1S/C20H24N2O4/c1-4-14(2)21-20(24)15-9-5-6-10-16(15)22-19(23)13-26-18-12-8-7-11-17(18)25-3/h5-12,14H,4,13H2,1-3H3,(H,21,24)(H,22,23)/t14-/m1/s1. The lowest BCUT2D eigenvalue weighted by atomic mass is 10.1. The van der Waals surface area contributed by atoms with Gasteiger partial charge < -0.3 is 20.1 Å². The Morgan fingerprint density at radius 2 is 1.69 bits per heavy atom. The summed E-state index contributed by atoms with van der Waals surface area (Å²) in [5.41, 5.74) is 0.861. The van der Waals surface area contributed by atoms with E-state index in [1.807, 2.05) is 19.9 Å². The molecule has 2 amide bonds. The second kappa shape index (κ2) is 9.46. The fraction of sp³-hybridized carbons (Fsp3) is 0.300. The van der Waals surface area contributed by atoms with Crippen LogP contribution in [0.3, 0.4) is 0 Å². The van der Waals surface area contributed by atoms with Crippen molar-refractivity contribution < 1.29 is 19.1 Å². The van der Waals surface area contributed by atoms with Gasteiger partial charge in [0.05, 0.1) is 18.4 Å². The number of amides is 2. The Hall–Kier alpha value is -3.02. The molecular formula is C20H24N2O4. The first kappa shape index (κ1) is 19.3. The average molecular weight is 356 g/mol. The van der Waals surface area contributed by atoms with Gasteiger partial charge in [0.25, 0.3) is 11.8 Å². The van der Waals surface area contributed by atoms with E-state index in [-0.39, 0.29) is 24.5 Å². The van der Waals surface area contributed by atoms with Gasteiger partial charge in [0.2, 0.25) is 0 Å². The second-order valence-corrected chi connectivity index (χ2v) is 5.82. The third-order valence-corrected chi connectivity index (χ3v) is 3.86. The van der Waals surface area contributed by atoms with Gasteiger partial charge in [-0.2, -0.15) is 0 Å². The Bertz CT molecular complexity index is 761. The van der Waals surface area contributed by atoms with Crippen LogP contribution in [-0.4, -0.2) is 31.6 Å². The number of para-hydroxylation sites is 3. The molecule has 0 aliphatic heterocycles. The first-order valence-electron chi connectivity index (χ1n) is 8.50. The molecule has 0 saturated carbocycles. The molecule has 6 heteroatoms. The molecule has 6 nitrogen and oxygen atoms in total. The Morgan fingerprint density at radius 1 is 1.04 bits per heavy atom. The van der Waals surface area contributed by atoms with Crippen LogP contribution in [0.5, 0.6) is 11.5 Å². The number of hydrogen-bond donors (Lipinski definition) is 2. The van der Waals surface area contributed by atoms with E-state index in [4.69, 9.17) is 9.47 Å². The maximum Gasteiger partial charge on any atom is 0.262 e. The fourth-order valence-corrected chi connectivity index (χ4v) is 2.26. The van der Waals surface area contributed by atoms with E-state index < -0.39 is 0 Å². The number of benzene rings is 2. The van der Waals surface area contributed by atoms with Crippen molar-refractivity contribution in [2.24, 2.45) is 0 Å². The van der Waals surface area contributed by atoms with E-state index in [1.165, 1.54) is 7.11 Å². The van der Waals surface area contributed by atoms with Crippen LogP contribution in [0.15, 0.2) is 48.5 Å². The highest BCUT2D eigenvalue weighted by Gasteiger charge is 2.15. The normalized spacial score (nSPS) is 11.3. The number of hydrogen-bond acceptors (Lipinski definition) is 4. The summed E-state index contributed by atoms with van der Waals surface area (Å²) in [7, 11) is 1.54. The average Bonchev–Trinajstić information content (AvgIpc) is 2.66. The molecule has 1 atom stereocenters. The minimum atomic E-state index is -0.361. The van der Waals surface area contributed by atoms with Gasteiger partial charge in [0, 0.05) is 6.04 Å². The van der Waals surface area contributed by atoms with Gasteiger partial charge in [-0.3, -0.25) is 9.59 Å². The van der Waals surface area contributed by atoms with E-state index in [1.54, 1.807) is 42.5 Å². The van der Waals surface area contributed by atoms with Crippen molar-refractivity contribution >= 4 is 17.5 Å². The van der Waals surface area contributed by atoms with Crippen molar-refractivity contribution in [3.8, 4) is 11.5 Å². The summed E-state index contributed by atoms with van der Waals surface area (Å²) in [4.78, 5) is 24.6. The van der Waals surface area contributed by atoms with Gasteiger partial charge in [0.1, 0.15) is 0 Å². The number of anilines is 1. The topological polar surface area (TPSA) is 76.7 Å². The van der Waals surface area contributed by atoms with Gasteiger partial charge in [-0.05, 0) is 37.6 Å². The number of carbonyl (C=O) groups excluding carboxylic acids is 2. The molecule has 2 N–H and O–H groups in total. The van der Waals surface area contributed by atoms with Crippen LogP contribution in [0.4, 0.5) is 5.69 Å². The zero-order valence-corrected chi connectivity index (χ0v) is 15.2. The van der Waals surface area contributed by atoms with E-state index in [0.29, 0.717) is 22.7 Å². The number of methoxy groups -OCH3 is 1. The molecule has 0 heterocycles. The third-order valence-electron chi connectivity index (χ3n) is 3.86. The Morgan fingerprint density at radius 3 is 2.38 bits per heavy atom. The minimum absolute atomic E-state index is 0.0557. The maximum atomic E-state index is 12.4. The first-order chi connectivity index (χ1) is 12.5. The predicted molar refractivity (Wildman–Crippen MR) is 101 cm³/mol. The lowest BCUT2D eigenvalue weighted by Crippen LogP contribution is -2.33. The highest BCUT2D eigenvalue weighted by Crippen LogP contribution is 2.25. The molecule has 0 aromatic heterocycles. The number of rotatable bonds is 8. The van der Waals surface area contributed by atoms with E-state index in [9.17, 15) is 9.59 Å². The molecule has 2 aromatic carbocycles. The summed E-state index contributed by atoms with van der Waals surface area (Å²) >= 11 is 0. The van der Waals surface area contributed by atoms with Crippen molar-refractivity contribution in [1.82, 2.24) is 5.32 Å². The minimum Gasteiger partial charge on any atom is -0.493 e. The maximum absolute atomic E-state index is 12.4. The van der Waals surface area contributed by atoms with Gasteiger partial charge in [-0.15, -0.1) is 0 Å². The zero-order chi connectivity index (χ0) is 18.9. The van der Waals surface area contributed by atoms with Crippen molar-refractivity contribution in [2.45, 2.75) is 26.3 Å². The summed E-state index contributed by atoms with van der Waals surface area (Å²) in [5.74, 6) is 0.446. The van der Waals surface area contributed by atoms with E-state index in [0.717, 1.165) is 6.42 Å². The lowest BCUT2D eigenvalue weighted by Gasteiger charge is -2.15. The first-order valence-corrected chi connectivity index (χ1v) is 8.50. The summed E-state index contributed by atoms with van der Waals surface area (Å²) < 4.78 is 10.7. The van der Waals surface area contributed by atoms with Gasteiger partial charge in [-0.1, -0.05) is 31.2 Å². The molecule has 2 aromatic rings. The number of ether oxygens (including phenoxy) is 2. The zero-order valence-electron chi connectivity index (χ0n) is 15.2. The Labute approximate surface area is 153 Å². The Kier molecular flexibility index (Phi) is 7.02. The summed E-state index contributed by atoms with van der Waals surface area (Å²) in [6.45, 7) is 3.73. The molecule has 0 aliphatic rings. The van der Waals surface area contributed by atoms with Gasteiger partial charge in [0.15, 0.2) is 18.1 Å². The van der Waals surface area contributed by atoms with Crippen LogP contribution in [0, 0.1) is 0 Å². The number of nitrogens with one attached hydrogen (secondary N) is 2. The molecule has 26 heavy (non-hydrogen) atoms. The highest BCUT2D eigenvalue weighted by atomic mass is 16.5. The lowest BCUT2D eigenvalue weighted by molar-refractivity contribution is -0.118. The van der Waals surface area contributed by atoms with Crippen molar-refractivity contribution in [3.63, 3.8) is 0 Å². The summed E-state index contributed by atoms with van der Waals surface area (Å²) in [6.07, 6.45) is 0.826. The fourth-order valence-electron chi connectivity index (χ4n) is 2.26. The van der Waals surface area contributed by atoms with Crippen molar-refractivity contribution in [2.75, 3.05) is 19.0 Å². The third kappa shape index (κ3) is 5.24. The molecule has 0 fully saturated rings. The second-order valence-electron chi connectivity index (χ2n) is 5.82. The van der Waals surface area contributed by atoms with Crippen LogP contribution >= 0.6 is 0 Å². The quantitative estimate of drug-likeness (QED) is 0.761. The number of carbonyl (C=O) groups is 2. The molecule has 0 spiro atoms. The molecule has 2 rings (SSSR count). The highest BCUT2D eigenvalue weighted by molar-refractivity contribution is 6.04. The van der Waals surface area contributed by atoms with Crippen LogP contribution in [-0.2, 0) is 4.79 Å². The van der Waals surface area contributed by atoms with E-state index in [2.05, 4.69) is 10.6 Å². The predicted octanol–water partition coefficient (Wildman–Crippen LogP) is 3.24. The van der Waals surface area contributed by atoms with Crippen LogP contribution in [0.1, 0.15) is 30.6 Å². The molecule has 0 saturated heterocycles. The van der Waals surface area contributed by atoms with Crippen LogP contribution in [0.25, 0.3) is 0 Å². The molecule has 0 aliphatic carbocycles. The van der Waals surface area contributed by atoms with E-state index >= 15 is 0 Å². The van der Waals surface area contributed by atoms with Crippen molar-refractivity contribution in [1.29, 1.82) is 0 Å². The smallest absolute Gasteiger partial charge is 0.262 e. The largest absolute Gasteiger partial charge is 0.493 e. The molecule has 0 bridgehead atoms. The molecule has 0 radical (unpaired) electrons. The molecular weight excluding hydrogens is 332 g/mol. The van der Waals surface area contributed by atoms with Crippen LogP contribution < -0.4 is 20.1 Å².